The number of ether oxygens (including phenoxy) is 1. The number of carbonyl (C=O) groups is 3. The van der Waals surface area contributed by atoms with Gasteiger partial charge in [0.15, 0.2) is 0 Å². The van der Waals surface area contributed by atoms with Crippen molar-refractivity contribution in [3.8, 4) is 11.1 Å². The van der Waals surface area contributed by atoms with E-state index < -0.39 is 23.5 Å². The highest BCUT2D eigenvalue weighted by Gasteiger charge is 2.36. The summed E-state index contributed by atoms with van der Waals surface area (Å²) in [5.41, 5.74) is 4.06. The molecule has 4 rings (SSSR count). The molecule has 0 aromatic heterocycles. The molecule has 0 spiro atoms. The SMILES string of the molecule is CC(C)(C)C(NC(=O)[C@H]1CCC[C@@H](NC(=O)OCC2c3ccccc3-c3ccccc32)C1)C(=O)O. The van der Waals surface area contributed by atoms with Crippen LogP contribution in [0.1, 0.15) is 63.5 Å². The fraction of sp³-hybridized carbons (Fsp3) is 0.464. The summed E-state index contributed by atoms with van der Waals surface area (Å²) in [6, 6.07) is 15.2. The molecule has 3 atom stereocenters. The lowest BCUT2D eigenvalue weighted by molar-refractivity contribution is -0.145. The van der Waals surface area contributed by atoms with E-state index in [0.717, 1.165) is 24.0 Å². The minimum Gasteiger partial charge on any atom is -0.480 e. The average Bonchev–Trinajstić information content (AvgIpc) is 3.14. The highest BCUT2D eigenvalue weighted by Crippen LogP contribution is 2.44. The Morgan fingerprint density at radius 1 is 1.00 bits per heavy atom. The maximum atomic E-state index is 12.8. The van der Waals surface area contributed by atoms with Crippen LogP contribution in [0, 0.1) is 11.3 Å². The van der Waals surface area contributed by atoms with Crippen LogP contribution >= 0.6 is 0 Å². The molecule has 35 heavy (non-hydrogen) atoms. The molecule has 1 unspecified atom stereocenters. The molecular weight excluding hydrogens is 444 g/mol. The van der Waals surface area contributed by atoms with Gasteiger partial charge in [-0.15, -0.1) is 0 Å². The molecule has 7 nitrogen and oxygen atoms in total. The predicted molar refractivity (Wildman–Crippen MR) is 133 cm³/mol. The van der Waals surface area contributed by atoms with Crippen LogP contribution in [0.4, 0.5) is 4.79 Å². The Labute approximate surface area is 206 Å². The molecule has 7 heteroatoms. The second-order valence-electron chi connectivity index (χ2n) is 10.7. The number of benzene rings is 2. The molecule has 0 aliphatic heterocycles. The predicted octanol–water partition coefficient (Wildman–Crippen LogP) is 4.70. The fourth-order valence-electron chi connectivity index (χ4n) is 5.27. The molecule has 3 N–H and O–H groups in total. The van der Waals surface area contributed by atoms with E-state index in [2.05, 4.69) is 34.9 Å². The lowest BCUT2D eigenvalue weighted by Gasteiger charge is -2.32. The molecule has 2 aliphatic rings. The minimum absolute atomic E-state index is 0.0108. The van der Waals surface area contributed by atoms with Crippen LogP contribution in [0.25, 0.3) is 11.1 Å². The maximum absolute atomic E-state index is 12.8. The van der Waals surface area contributed by atoms with Gasteiger partial charge >= 0.3 is 12.1 Å². The second-order valence-corrected chi connectivity index (χ2v) is 10.7. The largest absolute Gasteiger partial charge is 0.480 e. The molecular formula is C28H34N2O5. The van der Waals surface area contributed by atoms with Crippen molar-refractivity contribution in [2.75, 3.05) is 6.61 Å². The van der Waals surface area contributed by atoms with Gasteiger partial charge in [-0.1, -0.05) is 75.7 Å². The number of hydrogen-bond acceptors (Lipinski definition) is 4. The summed E-state index contributed by atoms with van der Waals surface area (Å²) in [6.07, 6.45) is 2.18. The summed E-state index contributed by atoms with van der Waals surface area (Å²) in [6.45, 7) is 5.60. The van der Waals surface area contributed by atoms with Crippen LogP contribution in [0.3, 0.4) is 0 Å². The maximum Gasteiger partial charge on any atom is 0.407 e. The Balaban J connectivity index is 1.33. The van der Waals surface area contributed by atoms with E-state index in [4.69, 9.17) is 4.74 Å². The van der Waals surface area contributed by atoms with Crippen molar-refractivity contribution in [3.05, 3.63) is 59.7 Å². The Hall–Kier alpha value is -3.35. The number of hydrogen-bond donors (Lipinski definition) is 3. The highest BCUT2D eigenvalue weighted by atomic mass is 16.5. The van der Waals surface area contributed by atoms with E-state index in [-0.39, 0.29) is 30.4 Å². The van der Waals surface area contributed by atoms with Crippen LogP contribution in [0.5, 0.6) is 0 Å². The van der Waals surface area contributed by atoms with E-state index in [1.807, 2.05) is 24.3 Å². The molecule has 2 aromatic rings. The number of fused-ring (bicyclic) bond motifs is 3. The van der Waals surface area contributed by atoms with Gasteiger partial charge in [-0.05, 0) is 46.9 Å². The van der Waals surface area contributed by atoms with Gasteiger partial charge in [0.05, 0.1) is 0 Å². The van der Waals surface area contributed by atoms with Crippen LogP contribution in [-0.4, -0.2) is 41.8 Å². The standard InChI is InChI=1S/C28H34N2O5/c1-28(2,3)24(26(32)33)30-25(31)17-9-8-10-18(15-17)29-27(34)35-16-23-21-13-6-4-11-19(21)20-12-5-7-14-22(20)23/h4-7,11-14,17-18,23-24H,8-10,15-16H2,1-3H3,(H,29,34)(H,30,31)(H,32,33)/t17-,18+,24?/m0/s1. The van der Waals surface area contributed by atoms with Crippen molar-refractivity contribution in [1.82, 2.24) is 10.6 Å². The normalized spacial score (nSPS) is 20.3. The number of carboxylic acid groups (broad SMARTS) is 1. The number of aliphatic carboxylic acids is 1. The van der Waals surface area contributed by atoms with Gasteiger partial charge in [-0.2, -0.15) is 0 Å². The molecule has 2 aromatic carbocycles. The van der Waals surface area contributed by atoms with Gasteiger partial charge in [-0.25, -0.2) is 9.59 Å². The molecule has 0 bridgehead atoms. The first-order chi connectivity index (χ1) is 16.6. The van der Waals surface area contributed by atoms with Gasteiger partial charge in [0.1, 0.15) is 12.6 Å². The third-order valence-corrected chi connectivity index (χ3v) is 7.11. The van der Waals surface area contributed by atoms with Crippen LogP contribution < -0.4 is 10.6 Å². The topological polar surface area (TPSA) is 105 Å². The van der Waals surface area contributed by atoms with Crippen LogP contribution in [0.15, 0.2) is 48.5 Å². The summed E-state index contributed by atoms with van der Waals surface area (Å²) in [7, 11) is 0. The first-order valence-electron chi connectivity index (χ1n) is 12.3. The summed E-state index contributed by atoms with van der Waals surface area (Å²) >= 11 is 0. The van der Waals surface area contributed by atoms with Crippen LogP contribution in [-0.2, 0) is 14.3 Å². The van der Waals surface area contributed by atoms with Gasteiger partial charge in [0.25, 0.3) is 0 Å². The van der Waals surface area contributed by atoms with Crippen molar-refractivity contribution < 1.29 is 24.2 Å². The molecule has 0 heterocycles. The Morgan fingerprint density at radius 3 is 2.17 bits per heavy atom. The number of carbonyl (C=O) groups excluding carboxylic acids is 2. The molecule has 2 aliphatic carbocycles. The summed E-state index contributed by atoms with van der Waals surface area (Å²) < 4.78 is 5.65. The minimum atomic E-state index is -1.05. The van der Waals surface area contributed by atoms with Crippen molar-refractivity contribution >= 4 is 18.0 Å². The zero-order valence-corrected chi connectivity index (χ0v) is 20.5. The summed E-state index contributed by atoms with van der Waals surface area (Å²) in [4.78, 5) is 37.1. The van der Waals surface area contributed by atoms with Crippen molar-refractivity contribution in [1.29, 1.82) is 0 Å². The lowest BCUT2D eigenvalue weighted by Crippen LogP contribution is -2.52. The molecule has 1 saturated carbocycles. The highest BCUT2D eigenvalue weighted by molar-refractivity contribution is 5.85. The van der Waals surface area contributed by atoms with Gasteiger partial charge in [0.2, 0.25) is 5.91 Å². The van der Waals surface area contributed by atoms with E-state index >= 15 is 0 Å². The first-order valence-corrected chi connectivity index (χ1v) is 12.3. The average molecular weight is 479 g/mol. The number of alkyl carbamates (subject to hydrolysis) is 1. The zero-order chi connectivity index (χ0) is 25.2. The quantitative estimate of drug-likeness (QED) is 0.558. The van der Waals surface area contributed by atoms with Gasteiger partial charge < -0.3 is 20.5 Å². The summed E-state index contributed by atoms with van der Waals surface area (Å²) in [5.74, 6) is -1.67. The fourth-order valence-corrected chi connectivity index (χ4v) is 5.27. The molecule has 0 saturated heterocycles. The van der Waals surface area contributed by atoms with Crippen molar-refractivity contribution in [3.63, 3.8) is 0 Å². The van der Waals surface area contributed by atoms with E-state index in [0.29, 0.717) is 12.8 Å². The van der Waals surface area contributed by atoms with Crippen molar-refractivity contribution in [2.24, 2.45) is 11.3 Å². The smallest absolute Gasteiger partial charge is 0.407 e. The molecule has 2 amide bonds. The van der Waals surface area contributed by atoms with Crippen molar-refractivity contribution in [2.45, 2.75) is 64.5 Å². The van der Waals surface area contributed by atoms with E-state index in [1.54, 1.807) is 20.8 Å². The third kappa shape index (κ3) is 5.50. The number of rotatable bonds is 6. The Bertz CT molecular complexity index is 1060. The van der Waals surface area contributed by atoms with E-state index in [1.165, 1.54) is 11.1 Å². The summed E-state index contributed by atoms with van der Waals surface area (Å²) in [5, 5.41) is 15.1. The first kappa shape index (κ1) is 24.8. The number of nitrogens with one attached hydrogen (secondary N) is 2. The number of carboxylic acids is 1. The monoisotopic (exact) mass is 478 g/mol. The van der Waals surface area contributed by atoms with Gasteiger partial charge in [-0.3, -0.25) is 4.79 Å². The van der Waals surface area contributed by atoms with Gasteiger partial charge in [0, 0.05) is 17.9 Å². The Morgan fingerprint density at radius 2 is 1.60 bits per heavy atom. The number of amides is 2. The third-order valence-electron chi connectivity index (χ3n) is 7.11. The molecule has 186 valence electrons. The van der Waals surface area contributed by atoms with Crippen LogP contribution in [0.2, 0.25) is 0 Å². The Kier molecular flexibility index (Phi) is 7.15. The van der Waals surface area contributed by atoms with E-state index in [9.17, 15) is 19.5 Å². The molecule has 0 radical (unpaired) electrons. The zero-order valence-electron chi connectivity index (χ0n) is 20.5. The molecule has 1 fully saturated rings. The second kappa shape index (κ2) is 10.1. The lowest BCUT2D eigenvalue weighted by atomic mass is 9.83.